The minimum Gasteiger partial charge on any atom is -0.481 e. The van der Waals surface area contributed by atoms with Crippen molar-refractivity contribution in [2.75, 3.05) is 0 Å². The molecule has 0 aliphatic heterocycles. The van der Waals surface area contributed by atoms with Gasteiger partial charge in [0.05, 0.1) is 6.42 Å². The first-order valence-corrected chi connectivity index (χ1v) is 5.39. The van der Waals surface area contributed by atoms with Gasteiger partial charge in [-0.1, -0.05) is 15.9 Å². The minimum atomic E-state index is -0.966. The van der Waals surface area contributed by atoms with Crippen LogP contribution in [0.15, 0.2) is 33.5 Å². The molecule has 1 aromatic heterocycles. The normalized spacial score (nSPS) is 10.6. The number of aromatic amines is 1. The molecule has 2 aromatic rings. The molecule has 2 rings (SSSR count). The second kappa shape index (κ2) is 4.09. The molecule has 0 radical (unpaired) electrons. The number of halogens is 1. The first-order chi connectivity index (χ1) is 7.56. The van der Waals surface area contributed by atoms with Gasteiger partial charge in [0.2, 0.25) is 0 Å². The van der Waals surface area contributed by atoms with Crippen molar-refractivity contribution in [1.29, 1.82) is 0 Å². The summed E-state index contributed by atoms with van der Waals surface area (Å²) in [6.45, 7) is 0. The van der Waals surface area contributed by atoms with Crippen LogP contribution in [0.3, 0.4) is 0 Å². The zero-order chi connectivity index (χ0) is 11.7. The Balaban J connectivity index is 2.64. The van der Waals surface area contributed by atoms with Crippen molar-refractivity contribution in [3.05, 3.63) is 44.7 Å². The molecule has 82 valence electrons. The fourth-order valence-electron chi connectivity index (χ4n) is 1.53. The molecule has 1 heterocycles. The van der Waals surface area contributed by atoms with E-state index in [-0.39, 0.29) is 11.8 Å². The van der Waals surface area contributed by atoms with E-state index in [0.717, 1.165) is 4.47 Å². The second-order valence-electron chi connectivity index (χ2n) is 3.42. The highest BCUT2D eigenvalue weighted by Crippen LogP contribution is 2.15. The summed E-state index contributed by atoms with van der Waals surface area (Å²) < 4.78 is 0.816. The molecule has 0 fully saturated rings. The van der Waals surface area contributed by atoms with Crippen molar-refractivity contribution in [2.24, 2.45) is 0 Å². The van der Waals surface area contributed by atoms with E-state index in [1.807, 2.05) is 0 Å². The Hall–Kier alpha value is -1.62. The highest BCUT2D eigenvalue weighted by Gasteiger charge is 2.05. The van der Waals surface area contributed by atoms with Gasteiger partial charge in [0.1, 0.15) is 0 Å². The minimum absolute atomic E-state index is 0.175. The topological polar surface area (TPSA) is 70.2 Å². The van der Waals surface area contributed by atoms with Gasteiger partial charge in [-0.15, -0.1) is 0 Å². The lowest BCUT2D eigenvalue weighted by atomic mass is 10.1. The van der Waals surface area contributed by atoms with Crippen molar-refractivity contribution in [2.45, 2.75) is 6.42 Å². The van der Waals surface area contributed by atoms with Gasteiger partial charge in [0.15, 0.2) is 5.43 Å². The third kappa shape index (κ3) is 2.14. The van der Waals surface area contributed by atoms with Gasteiger partial charge in [0.25, 0.3) is 0 Å². The van der Waals surface area contributed by atoms with Gasteiger partial charge in [-0.2, -0.15) is 0 Å². The monoisotopic (exact) mass is 281 g/mol. The number of hydrogen-bond donors (Lipinski definition) is 2. The summed E-state index contributed by atoms with van der Waals surface area (Å²) in [5.74, 6) is -0.966. The molecule has 0 aliphatic rings. The number of nitrogens with one attached hydrogen (secondary N) is 1. The first kappa shape index (κ1) is 10.9. The maximum Gasteiger partial charge on any atom is 0.309 e. The summed E-state index contributed by atoms with van der Waals surface area (Å²) in [7, 11) is 0. The number of benzene rings is 1. The van der Waals surface area contributed by atoms with Gasteiger partial charge in [0, 0.05) is 27.1 Å². The van der Waals surface area contributed by atoms with Crippen molar-refractivity contribution < 1.29 is 9.90 Å². The van der Waals surface area contributed by atoms with Gasteiger partial charge >= 0.3 is 5.97 Å². The third-order valence-corrected chi connectivity index (χ3v) is 2.68. The Morgan fingerprint density at radius 1 is 1.38 bits per heavy atom. The Morgan fingerprint density at radius 2 is 2.12 bits per heavy atom. The van der Waals surface area contributed by atoms with Crippen LogP contribution in [0, 0.1) is 0 Å². The summed E-state index contributed by atoms with van der Waals surface area (Å²) in [4.78, 5) is 25.2. The lowest BCUT2D eigenvalue weighted by molar-refractivity contribution is -0.136. The number of pyridine rings is 1. The standard InChI is InChI=1S/C11H8BrNO3/c12-6-1-2-9-8(3-6)10(14)4-7(13-9)5-11(15)16/h1-4H,5H2,(H,13,14)(H,15,16). The maximum atomic E-state index is 11.7. The van der Waals surface area contributed by atoms with Crippen molar-refractivity contribution >= 4 is 32.8 Å². The second-order valence-corrected chi connectivity index (χ2v) is 4.33. The van der Waals surface area contributed by atoms with Crippen LogP contribution in [-0.4, -0.2) is 16.1 Å². The molecule has 0 atom stereocenters. The highest BCUT2D eigenvalue weighted by molar-refractivity contribution is 9.10. The quantitative estimate of drug-likeness (QED) is 0.884. The fourth-order valence-corrected chi connectivity index (χ4v) is 1.89. The van der Waals surface area contributed by atoms with E-state index in [0.29, 0.717) is 16.6 Å². The lowest BCUT2D eigenvalue weighted by Gasteiger charge is -2.02. The van der Waals surface area contributed by atoms with Crippen molar-refractivity contribution in [3.63, 3.8) is 0 Å². The smallest absolute Gasteiger partial charge is 0.309 e. The van der Waals surface area contributed by atoms with Crippen LogP contribution < -0.4 is 5.43 Å². The molecule has 0 aliphatic carbocycles. The molecule has 2 N–H and O–H groups in total. The molecule has 0 saturated carbocycles. The van der Waals surface area contributed by atoms with Crippen LogP contribution in [-0.2, 0) is 11.2 Å². The molecule has 0 spiro atoms. The van der Waals surface area contributed by atoms with E-state index in [4.69, 9.17) is 5.11 Å². The van der Waals surface area contributed by atoms with Crippen LogP contribution in [0.5, 0.6) is 0 Å². The van der Waals surface area contributed by atoms with Crippen molar-refractivity contribution in [3.8, 4) is 0 Å². The van der Waals surface area contributed by atoms with Gasteiger partial charge in [-0.05, 0) is 18.2 Å². The predicted molar refractivity (Wildman–Crippen MR) is 63.6 cm³/mol. The number of rotatable bonds is 2. The summed E-state index contributed by atoms with van der Waals surface area (Å²) >= 11 is 3.28. The first-order valence-electron chi connectivity index (χ1n) is 4.59. The number of fused-ring (bicyclic) bond motifs is 1. The number of carbonyl (C=O) groups is 1. The SMILES string of the molecule is O=C(O)Cc1cc(=O)c2cc(Br)ccc2[nH]1. The van der Waals surface area contributed by atoms with E-state index < -0.39 is 5.97 Å². The molecule has 5 heteroatoms. The summed E-state index contributed by atoms with van der Waals surface area (Å²) in [6, 6.07) is 6.57. The molecule has 0 bridgehead atoms. The largest absolute Gasteiger partial charge is 0.481 e. The van der Waals surface area contributed by atoms with Gasteiger partial charge < -0.3 is 10.1 Å². The van der Waals surface area contributed by atoms with E-state index in [1.165, 1.54) is 6.07 Å². The predicted octanol–water partition coefficient (Wildman–Crippen LogP) is 1.92. The molecule has 0 amide bonds. The van der Waals surface area contributed by atoms with E-state index in [9.17, 15) is 9.59 Å². The highest BCUT2D eigenvalue weighted by atomic mass is 79.9. The van der Waals surface area contributed by atoms with E-state index in [1.54, 1.807) is 18.2 Å². The van der Waals surface area contributed by atoms with Crippen LogP contribution in [0.4, 0.5) is 0 Å². The van der Waals surface area contributed by atoms with Gasteiger partial charge in [-0.25, -0.2) is 0 Å². The molecule has 4 nitrogen and oxygen atoms in total. The zero-order valence-corrected chi connectivity index (χ0v) is 9.74. The number of aromatic nitrogens is 1. The molecule has 0 unspecified atom stereocenters. The summed E-state index contributed by atoms with van der Waals surface area (Å²) in [5, 5.41) is 9.19. The van der Waals surface area contributed by atoms with Crippen LogP contribution >= 0.6 is 15.9 Å². The van der Waals surface area contributed by atoms with E-state index in [2.05, 4.69) is 20.9 Å². The average molecular weight is 282 g/mol. The number of carboxylic acid groups (broad SMARTS) is 1. The Kier molecular flexibility index (Phi) is 2.78. The number of aliphatic carboxylic acids is 1. The van der Waals surface area contributed by atoms with Crippen LogP contribution in [0.25, 0.3) is 10.9 Å². The van der Waals surface area contributed by atoms with Gasteiger partial charge in [-0.3, -0.25) is 9.59 Å². The Labute approximate surface area is 99.0 Å². The lowest BCUT2D eigenvalue weighted by Crippen LogP contribution is -2.09. The Bertz CT molecular complexity index is 618. The van der Waals surface area contributed by atoms with Crippen molar-refractivity contribution in [1.82, 2.24) is 4.98 Å². The average Bonchev–Trinajstić information content (AvgIpc) is 2.18. The molecule has 0 saturated heterocycles. The van der Waals surface area contributed by atoms with Crippen LogP contribution in [0.1, 0.15) is 5.69 Å². The Morgan fingerprint density at radius 3 is 2.81 bits per heavy atom. The van der Waals surface area contributed by atoms with Crippen LogP contribution in [0.2, 0.25) is 0 Å². The molecule has 16 heavy (non-hydrogen) atoms. The fraction of sp³-hybridized carbons (Fsp3) is 0.0909. The molecular weight excluding hydrogens is 274 g/mol. The van der Waals surface area contributed by atoms with E-state index >= 15 is 0 Å². The molecular formula is C11H8BrNO3. The summed E-state index contributed by atoms with van der Waals surface area (Å²) in [6.07, 6.45) is -0.179. The molecule has 1 aromatic carbocycles. The number of H-pyrrole nitrogens is 1. The summed E-state index contributed by atoms with van der Waals surface area (Å²) in [5.41, 5.74) is 0.880. The number of carboxylic acids is 1. The maximum absolute atomic E-state index is 11.7. The zero-order valence-electron chi connectivity index (χ0n) is 8.16. The number of hydrogen-bond acceptors (Lipinski definition) is 2. The third-order valence-electron chi connectivity index (χ3n) is 2.19.